The zero-order valence-corrected chi connectivity index (χ0v) is 15.1. The van der Waals surface area contributed by atoms with Crippen molar-refractivity contribution in [3.8, 4) is 5.75 Å². The van der Waals surface area contributed by atoms with E-state index >= 15 is 0 Å². The number of methoxy groups -OCH3 is 1. The summed E-state index contributed by atoms with van der Waals surface area (Å²) in [6.07, 6.45) is 1.08. The predicted molar refractivity (Wildman–Crippen MR) is 101 cm³/mol. The van der Waals surface area contributed by atoms with Crippen LogP contribution in [0, 0.1) is 5.82 Å². The lowest BCUT2D eigenvalue weighted by Gasteiger charge is -2.34. The van der Waals surface area contributed by atoms with Crippen LogP contribution in [-0.4, -0.2) is 36.9 Å². The number of hydrogen-bond donors (Lipinski definition) is 2. The maximum atomic E-state index is 13.0. The van der Waals surface area contributed by atoms with Crippen LogP contribution in [0.2, 0.25) is 0 Å². The highest BCUT2D eigenvalue weighted by Crippen LogP contribution is 2.15. The Labute approximate surface area is 153 Å². The summed E-state index contributed by atoms with van der Waals surface area (Å²) < 4.78 is 18.2. The number of anilines is 1. The van der Waals surface area contributed by atoms with E-state index in [4.69, 9.17) is 17.0 Å². The third-order valence-corrected chi connectivity index (χ3v) is 4.73. The Hall–Kier alpha value is -2.18. The van der Waals surface area contributed by atoms with Gasteiger partial charge in [0.25, 0.3) is 0 Å². The van der Waals surface area contributed by atoms with E-state index in [0.29, 0.717) is 0 Å². The Bertz CT molecular complexity index is 706. The Balaban J connectivity index is 1.56. The fourth-order valence-electron chi connectivity index (χ4n) is 3.03. The third kappa shape index (κ3) is 4.90. The molecule has 0 bridgehead atoms. The van der Waals surface area contributed by atoms with Crippen LogP contribution in [0.15, 0.2) is 48.5 Å². The highest BCUT2D eigenvalue weighted by atomic mass is 32.1. The molecule has 0 radical (unpaired) electrons. The third-order valence-electron chi connectivity index (χ3n) is 4.37. The first-order chi connectivity index (χ1) is 12.1. The van der Waals surface area contributed by atoms with Crippen molar-refractivity contribution in [2.24, 2.45) is 0 Å². The minimum Gasteiger partial charge on any atom is -0.497 e. The number of nitrogens with zero attached hydrogens (tertiary/aromatic N) is 1. The molecule has 0 saturated carbocycles. The summed E-state index contributed by atoms with van der Waals surface area (Å²) in [4.78, 5) is 3.62. The van der Waals surface area contributed by atoms with Crippen molar-refractivity contribution < 1.29 is 14.0 Å². The second-order valence-electron chi connectivity index (χ2n) is 6.24. The van der Waals surface area contributed by atoms with Gasteiger partial charge in [-0.2, -0.15) is 0 Å². The lowest BCUT2D eigenvalue weighted by molar-refractivity contribution is -0.927. The number of ether oxygens (including phenoxy) is 1. The first kappa shape index (κ1) is 17.6. The van der Waals surface area contributed by atoms with Crippen molar-refractivity contribution in [3.05, 3.63) is 59.9 Å². The molecule has 0 aromatic heterocycles. The zero-order valence-electron chi connectivity index (χ0n) is 14.3. The summed E-state index contributed by atoms with van der Waals surface area (Å²) >= 11 is 5.57. The molecule has 1 atom stereocenters. The average Bonchev–Trinajstić information content (AvgIpc) is 2.64. The van der Waals surface area contributed by atoms with Gasteiger partial charge in [0.1, 0.15) is 18.1 Å². The quantitative estimate of drug-likeness (QED) is 0.819. The molecule has 6 heteroatoms. The number of quaternary nitrogens is 1. The Morgan fingerprint density at radius 2 is 1.92 bits per heavy atom. The van der Waals surface area contributed by atoms with Crippen LogP contribution < -0.4 is 15.0 Å². The van der Waals surface area contributed by atoms with E-state index in [2.05, 4.69) is 10.2 Å². The molecular formula is C19H23FN3OS+. The molecule has 1 fully saturated rings. The molecule has 1 unspecified atom stereocenters. The van der Waals surface area contributed by atoms with Crippen LogP contribution >= 0.6 is 12.2 Å². The number of rotatable bonds is 4. The zero-order chi connectivity index (χ0) is 17.6. The van der Waals surface area contributed by atoms with Gasteiger partial charge in [-0.1, -0.05) is 12.1 Å². The number of halogens is 1. The lowest BCUT2D eigenvalue weighted by atomic mass is 10.2. The molecule has 0 spiro atoms. The predicted octanol–water partition coefficient (Wildman–Crippen LogP) is 2.28. The van der Waals surface area contributed by atoms with Crippen molar-refractivity contribution in [1.82, 2.24) is 4.90 Å². The normalized spacial score (nSPS) is 17.2. The maximum absolute atomic E-state index is 13.0. The van der Waals surface area contributed by atoms with Gasteiger partial charge in [0.05, 0.1) is 13.7 Å². The molecule has 1 saturated heterocycles. The maximum Gasteiger partial charge on any atom is 0.177 e. The van der Waals surface area contributed by atoms with E-state index in [9.17, 15) is 4.39 Å². The van der Waals surface area contributed by atoms with Gasteiger partial charge in [-0.15, -0.1) is 0 Å². The van der Waals surface area contributed by atoms with E-state index in [1.54, 1.807) is 7.11 Å². The van der Waals surface area contributed by atoms with E-state index < -0.39 is 0 Å². The Kier molecular flexibility index (Phi) is 5.83. The highest BCUT2D eigenvalue weighted by Gasteiger charge is 2.22. The van der Waals surface area contributed by atoms with Crippen LogP contribution in [0.4, 0.5) is 10.1 Å². The molecule has 2 aromatic rings. The number of hydrogen-bond acceptors (Lipinski definition) is 2. The number of nitrogens with one attached hydrogen (secondary N) is 2. The molecule has 1 aliphatic heterocycles. The van der Waals surface area contributed by atoms with Gasteiger partial charge >= 0.3 is 0 Å². The summed E-state index contributed by atoms with van der Waals surface area (Å²) in [5.41, 5.74) is 2.10. The summed E-state index contributed by atoms with van der Waals surface area (Å²) in [7, 11) is 1.65. The molecule has 132 valence electrons. The Morgan fingerprint density at radius 1 is 1.20 bits per heavy atom. The molecule has 1 aliphatic rings. The highest BCUT2D eigenvalue weighted by molar-refractivity contribution is 7.80. The number of benzene rings is 2. The topological polar surface area (TPSA) is 28.9 Å². The minimum absolute atomic E-state index is 0.191. The molecule has 3 rings (SSSR count). The average molecular weight is 360 g/mol. The van der Waals surface area contributed by atoms with Gasteiger partial charge in [0.2, 0.25) is 0 Å². The fourth-order valence-corrected chi connectivity index (χ4v) is 3.31. The molecule has 25 heavy (non-hydrogen) atoms. The molecule has 0 aliphatic carbocycles. The standard InChI is InChI=1S/C19H22FN3OS/c1-24-18-9-7-17(8-10-18)21-19(25)23-12-2-11-22(14-23)13-15-3-5-16(20)6-4-15/h3-10H,2,11-14H2,1H3,(H,21,25)/p+1. The van der Waals surface area contributed by atoms with Crippen LogP contribution in [-0.2, 0) is 6.54 Å². The second kappa shape index (κ2) is 8.27. The fraction of sp³-hybridized carbons (Fsp3) is 0.316. The molecule has 0 amide bonds. The summed E-state index contributed by atoms with van der Waals surface area (Å²) in [6, 6.07) is 14.5. The molecule has 4 nitrogen and oxygen atoms in total. The van der Waals surface area contributed by atoms with Gasteiger partial charge in [-0.3, -0.25) is 0 Å². The molecular weight excluding hydrogens is 337 g/mol. The monoisotopic (exact) mass is 360 g/mol. The van der Waals surface area contributed by atoms with E-state index in [0.717, 1.165) is 54.8 Å². The van der Waals surface area contributed by atoms with Gasteiger partial charge < -0.3 is 19.9 Å². The van der Waals surface area contributed by atoms with E-state index in [1.165, 1.54) is 17.0 Å². The van der Waals surface area contributed by atoms with Gasteiger partial charge in [-0.25, -0.2) is 4.39 Å². The molecule has 2 aromatic carbocycles. The van der Waals surface area contributed by atoms with Gasteiger partial charge in [0.15, 0.2) is 11.8 Å². The first-order valence-electron chi connectivity index (χ1n) is 8.42. The summed E-state index contributed by atoms with van der Waals surface area (Å²) in [5.74, 6) is 0.633. The van der Waals surface area contributed by atoms with Gasteiger partial charge in [0, 0.05) is 24.2 Å². The lowest BCUT2D eigenvalue weighted by Crippen LogP contribution is -3.13. The van der Waals surface area contributed by atoms with Crippen molar-refractivity contribution in [2.75, 3.05) is 32.2 Å². The molecule has 1 heterocycles. The van der Waals surface area contributed by atoms with Crippen molar-refractivity contribution in [3.63, 3.8) is 0 Å². The van der Waals surface area contributed by atoms with Crippen LogP contribution in [0.25, 0.3) is 0 Å². The second-order valence-corrected chi connectivity index (χ2v) is 6.62. The summed E-state index contributed by atoms with van der Waals surface area (Å²) in [5, 5.41) is 4.03. The van der Waals surface area contributed by atoms with Crippen LogP contribution in [0.3, 0.4) is 0 Å². The van der Waals surface area contributed by atoms with Crippen molar-refractivity contribution in [2.45, 2.75) is 13.0 Å². The van der Waals surface area contributed by atoms with E-state index in [-0.39, 0.29) is 5.82 Å². The van der Waals surface area contributed by atoms with Crippen molar-refractivity contribution >= 4 is 23.0 Å². The Morgan fingerprint density at radius 3 is 2.60 bits per heavy atom. The molecule has 2 N–H and O–H groups in total. The minimum atomic E-state index is -0.191. The SMILES string of the molecule is COc1ccc(NC(=S)N2CCC[NH+](Cc3ccc(F)cc3)C2)cc1. The van der Waals surface area contributed by atoms with E-state index in [1.807, 2.05) is 36.4 Å². The van der Waals surface area contributed by atoms with Crippen LogP contribution in [0.1, 0.15) is 12.0 Å². The largest absolute Gasteiger partial charge is 0.497 e. The summed E-state index contributed by atoms with van der Waals surface area (Å²) in [6.45, 7) is 3.77. The van der Waals surface area contributed by atoms with Gasteiger partial charge in [-0.05, 0) is 48.6 Å². The van der Waals surface area contributed by atoms with Crippen molar-refractivity contribution in [1.29, 1.82) is 0 Å². The first-order valence-corrected chi connectivity index (χ1v) is 8.83. The smallest absolute Gasteiger partial charge is 0.177 e. The van der Waals surface area contributed by atoms with Crippen LogP contribution in [0.5, 0.6) is 5.75 Å². The number of thiocarbonyl (C=S) groups is 1.